The van der Waals surface area contributed by atoms with Crippen molar-refractivity contribution >= 4 is 33.2 Å². The highest BCUT2D eigenvalue weighted by molar-refractivity contribution is 9.10. The van der Waals surface area contributed by atoms with E-state index >= 15 is 0 Å². The van der Waals surface area contributed by atoms with Crippen LogP contribution in [0.1, 0.15) is 6.92 Å². The molecule has 1 rings (SSSR count). The van der Waals surface area contributed by atoms with Crippen LogP contribution in [0.25, 0.3) is 0 Å². The predicted octanol–water partition coefficient (Wildman–Crippen LogP) is 2.46. The molecular formula is C10H8BrN3O3. The molecule has 0 aromatic heterocycles. The van der Waals surface area contributed by atoms with Crippen molar-refractivity contribution in [3.63, 3.8) is 0 Å². The number of nitrogens with one attached hydrogen (secondary N) is 1. The number of carbonyl (C=O) groups is 1. The molecule has 0 saturated heterocycles. The first-order valence-electron chi connectivity index (χ1n) is 4.60. The fourth-order valence-corrected chi connectivity index (χ4v) is 1.48. The highest BCUT2D eigenvalue weighted by Crippen LogP contribution is 2.27. The Morgan fingerprint density at radius 2 is 2.29 bits per heavy atom. The molecule has 1 N–H and O–H groups in total. The summed E-state index contributed by atoms with van der Waals surface area (Å²) in [5.41, 5.74) is 0.311. The van der Waals surface area contributed by atoms with E-state index in [4.69, 9.17) is 5.26 Å². The van der Waals surface area contributed by atoms with E-state index in [0.29, 0.717) is 10.2 Å². The largest absolute Gasteiger partial charge is 0.324 e. The standard InChI is InChI=1S/C10H8BrN3O3/c1-6(5-12)10(15)13-9-3-2-7(14(16)17)4-8(9)11/h2-4,6H,1H3,(H,13,15). The van der Waals surface area contributed by atoms with Crippen LogP contribution in [-0.4, -0.2) is 10.8 Å². The van der Waals surface area contributed by atoms with Crippen molar-refractivity contribution in [2.75, 3.05) is 5.32 Å². The van der Waals surface area contributed by atoms with E-state index in [1.165, 1.54) is 25.1 Å². The Bertz CT molecular complexity index is 510. The summed E-state index contributed by atoms with van der Waals surface area (Å²) in [6.07, 6.45) is 0. The molecule has 7 heteroatoms. The maximum Gasteiger partial charge on any atom is 0.270 e. The molecule has 0 aliphatic heterocycles. The zero-order valence-electron chi connectivity index (χ0n) is 8.81. The summed E-state index contributed by atoms with van der Waals surface area (Å²) >= 11 is 3.11. The van der Waals surface area contributed by atoms with Gasteiger partial charge in [-0.05, 0) is 28.9 Å². The van der Waals surface area contributed by atoms with E-state index < -0.39 is 16.7 Å². The Balaban J connectivity index is 2.91. The van der Waals surface area contributed by atoms with Crippen LogP contribution in [0.5, 0.6) is 0 Å². The van der Waals surface area contributed by atoms with Crippen LogP contribution >= 0.6 is 15.9 Å². The Kier molecular flexibility index (Phi) is 4.17. The number of hydrogen-bond acceptors (Lipinski definition) is 4. The lowest BCUT2D eigenvalue weighted by atomic mass is 10.2. The molecule has 0 spiro atoms. The van der Waals surface area contributed by atoms with Crippen LogP contribution in [-0.2, 0) is 4.79 Å². The van der Waals surface area contributed by atoms with Crippen LogP contribution in [0.15, 0.2) is 22.7 Å². The molecule has 6 nitrogen and oxygen atoms in total. The number of hydrogen-bond donors (Lipinski definition) is 1. The number of amides is 1. The first kappa shape index (κ1) is 13.1. The molecule has 1 aromatic carbocycles. The molecule has 0 radical (unpaired) electrons. The van der Waals surface area contributed by atoms with Gasteiger partial charge in [-0.2, -0.15) is 5.26 Å². The van der Waals surface area contributed by atoms with Crippen LogP contribution in [0.4, 0.5) is 11.4 Å². The van der Waals surface area contributed by atoms with Crippen LogP contribution in [0.2, 0.25) is 0 Å². The second kappa shape index (κ2) is 5.41. The molecule has 1 aromatic rings. The minimum atomic E-state index is -0.780. The van der Waals surface area contributed by atoms with E-state index in [0.717, 1.165) is 0 Å². The number of nitro benzene ring substituents is 1. The van der Waals surface area contributed by atoms with Gasteiger partial charge >= 0.3 is 0 Å². The maximum absolute atomic E-state index is 11.4. The van der Waals surface area contributed by atoms with Gasteiger partial charge in [0.2, 0.25) is 5.91 Å². The SMILES string of the molecule is CC(C#N)C(=O)Nc1ccc([N+](=O)[O-])cc1Br. The number of carbonyl (C=O) groups excluding carboxylic acids is 1. The fraction of sp³-hybridized carbons (Fsp3) is 0.200. The van der Waals surface area contributed by atoms with Gasteiger partial charge in [0.1, 0.15) is 5.92 Å². The molecule has 1 atom stereocenters. The van der Waals surface area contributed by atoms with Gasteiger partial charge in [0.05, 0.1) is 16.7 Å². The van der Waals surface area contributed by atoms with Crippen molar-refractivity contribution in [1.82, 2.24) is 0 Å². The normalized spacial score (nSPS) is 11.4. The molecule has 0 fully saturated rings. The fourth-order valence-electron chi connectivity index (χ4n) is 1.02. The molecular weight excluding hydrogens is 290 g/mol. The minimum absolute atomic E-state index is 0.0804. The third kappa shape index (κ3) is 3.26. The quantitative estimate of drug-likeness (QED) is 0.684. The number of rotatable bonds is 3. The van der Waals surface area contributed by atoms with Crippen molar-refractivity contribution in [2.24, 2.45) is 5.92 Å². The second-order valence-corrected chi connectivity index (χ2v) is 4.12. The van der Waals surface area contributed by atoms with Crippen molar-refractivity contribution in [3.05, 3.63) is 32.8 Å². The topological polar surface area (TPSA) is 96.0 Å². The van der Waals surface area contributed by atoms with E-state index in [-0.39, 0.29) is 5.69 Å². The van der Waals surface area contributed by atoms with Gasteiger partial charge < -0.3 is 5.32 Å². The first-order chi connectivity index (χ1) is 7.95. The monoisotopic (exact) mass is 297 g/mol. The highest BCUT2D eigenvalue weighted by Gasteiger charge is 2.15. The molecule has 88 valence electrons. The van der Waals surface area contributed by atoms with Crippen molar-refractivity contribution in [1.29, 1.82) is 5.26 Å². The summed E-state index contributed by atoms with van der Waals surface area (Å²) < 4.78 is 0.394. The molecule has 0 aliphatic rings. The number of anilines is 1. The molecule has 0 saturated carbocycles. The van der Waals surface area contributed by atoms with Gasteiger partial charge in [-0.15, -0.1) is 0 Å². The summed E-state index contributed by atoms with van der Waals surface area (Å²) in [6.45, 7) is 1.47. The molecule has 1 unspecified atom stereocenters. The lowest BCUT2D eigenvalue weighted by molar-refractivity contribution is -0.384. The number of nitrogens with zero attached hydrogens (tertiary/aromatic N) is 2. The summed E-state index contributed by atoms with van der Waals surface area (Å²) in [5, 5.41) is 21.5. The average Bonchev–Trinajstić information content (AvgIpc) is 2.30. The van der Waals surface area contributed by atoms with Gasteiger partial charge in [0.15, 0.2) is 0 Å². The molecule has 0 heterocycles. The number of nitriles is 1. The third-order valence-corrected chi connectivity index (χ3v) is 2.66. The van der Waals surface area contributed by atoms with Crippen molar-refractivity contribution in [3.8, 4) is 6.07 Å². The smallest absolute Gasteiger partial charge is 0.270 e. The van der Waals surface area contributed by atoms with Crippen LogP contribution < -0.4 is 5.32 Å². The molecule has 0 aliphatic carbocycles. The van der Waals surface area contributed by atoms with Gasteiger partial charge in [0.25, 0.3) is 5.69 Å². The molecule has 1 amide bonds. The Morgan fingerprint density at radius 3 is 2.76 bits per heavy atom. The van der Waals surface area contributed by atoms with Gasteiger partial charge in [-0.25, -0.2) is 0 Å². The number of non-ortho nitro benzene ring substituents is 1. The zero-order valence-corrected chi connectivity index (χ0v) is 10.4. The van der Waals surface area contributed by atoms with Crippen LogP contribution in [0, 0.1) is 27.4 Å². The predicted molar refractivity (Wildman–Crippen MR) is 64.2 cm³/mol. The second-order valence-electron chi connectivity index (χ2n) is 3.26. The lowest BCUT2D eigenvalue weighted by Crippen LogP contribution is -2.19. The third-order valence-electron chi connectivity index (χ3n) is 2.01. The van der Waals surface area contributed by atoms with E-state index in [2.05, 4.69) is 21.2 Å². The lowest BCUT2D eigenvalue weighted by Gasteiger charge is -2.07. The number of benzene rings is 1. The Labute approximate surface area is 106 Å². The highest BCUT2D eigenvalue weighted by atomic mass is 79.9. The summed E-state index contributed by atoms with van der Waals surface area (Å²) in [7, 11) is 0. The summed E-state index contributed by atoms with van der Waals surface area (Å²) in [4.78, 5) is 21.4. The maximum atomic E-state index is 11.4. The number of halogens is 1. The van der Waals surface area contributed by atoms with Gasteiger partial charge in [-0.3, -0.25) is 14.9 Å². The average molecular weight is 298 g/mol. The van der Waals surface area contributed by atoms with E-state index in [1.54, 1.807) is 6.07 Å². The molecule has 0 bridgehead atoms. The van der Waals surface area contributed by atoms with Crippen LogP contribution in [0.3, 0.4) is 0 Å². The van der Waals surface area contributed by atoms with Crippen molar-refractivity contribution in [2.45, 2.75) is 6.92 Å². The Morgan fingerprint density at radius 1 is 1.65 bits per heavy atom. The molecule has 17 heavy (non-hydrogen) atoms. The van der Waals surface area contributed by atoms with Gasteiger partial charge in [0, 0.05) is 16.6 Å². The Hall–Kier alpha value is -1.94. The zero-order chi connectivity index (χ0) is 13.0. The minimum Gasteiger partial charge on any atom is -0.324 e. The summed E-state index contributed by atoms with van der Waals surface area (Å²) in [5.74, 6) is -1.24. The first-order valence-corrected chi connectivity index (χ1v) is 5.39. The number of nitro groups is 1. The van der Waals surface area contributed by atoms with E-state index in [1.807, 2.05) is 0 Å². The van der Waals surface area contributed by atoms with Crippen molar-refractivity contribution < 1.29 is 9.72 Å². The van der Waals surface area contributed by atoms with Gasteiger partial charge in [-0.1, -0.05) is 0 Å². The van der Waals surface area contributed by atoms with E-state index in [9.17, 15) is 14.9 Å². The summed E-state index contributed by atoms with van der Waals surface area (Å²) in [6, 6.07) is 5.76.